The first-order valence-electron chi connectivity index (χ1n) is 9.75. The summed E-state index contributed by atoms with van der Waals surface area (Å²) in [6.07, 6.45) is 3.83. The summed E-state index contributed by atoms with van der Waals surface area (Å²) in [5, 5.41) is 0.484. The first kappa shape index (κ1) is 19.5. The predicted octanol–water partition coefficient (Wildman–Crippen LogP) is 3.84. The number of aromatic nitrogens is 2. The van der Waals surface area contributed by atoms with E-state index in [0.29, 0.717) is 32.8 Å². The maximum absolute atomic E-state index is 13.0. The van der Waals surface area contributed by atoms with E-state index in [-0.39, 0.29) is 17.9 Å². The van der Waals surface area contributed by atoms with Crippen LogP contribution in [0.15, 0.2) is 29.1 Å². The Morgan fingerprint density at radius 2 is 1.90 bits per heavy atom. The largest absolute Gasteiger partial charge is 0.453 e. The van der Waals surface area contributed by atoms with Crippen molar-refractivity contribution in [3.63, 3.8) is 0 Å². The number of nitrogens with zero attached hydrogens (tertiary/aromatic N) is 2. The van der Waals surface area contributed by atoms with Crippen LogP contribution in [0.5, 0.6) is 0 Å². The minimum absolute atomic E-state index is 0.0876. The number of Topliss-reactive ketones (excluding diaryl/α,β-unsaturated/α-hetero) is 1. The quantitative estimate of drug-likeness (QED) is 0.482. The van der Waals surface area contributed by atoms with Crippen molar-refractivity contribution in [2.24, 2.45) is 0 Å². The average Bonchev–Trinajstić information content (AvgIpc) is 2.88. The van der Waals surface area contributed by atoms with Crippen molar-refractivity contribution in [1.29, 1.82) is 0 Å². The van der Waals surface area contributed by atoms with Gasteiger partial charge in [0, 0.05) is 18.5 Å². The van der Waals surface area contributed by atoms with Crippen LogP contribution in [0.25, 0.3) is 10.2 Å². The van der Waals surface area contributed by atoms with Crippen molar-refractivity contribution in [3.05, 3.63) is 62.0 Å². The Kier molecular flexibility index (Phi) is 5.32. The molecule has 4 rings (SSSR count). The van der Waals surface area contributed by atoms with E-state index in [1.807, 2.05) is 19.1 Å². The lowest BCUT2D eigenvalue weighted by Crippen LogP contribution is -2.24. The number of benzene rings is 1. The Morgan fingerprint density at radius 3 is 2.66 bits per heavy atom. The second-order valence-electron chi connectivity index (χ2n) is 7.40. The number of rotatable bonds is 4. The van der Waals surface area contributed by atoms with Crippen molar-refractivity contribution in [1.82, 2.24) is 9.55 Å². The molecule has 0 saturated heterocycles. The predicted molar refractivity (Wildman–Crippen MR) is 112 cm³/mol. The van der Waals surface area contributed by atoms with Gasteiger partial charge in [-0.3, -0.25) is 14.2 Å². The first-order valence-corrected chi connectivity index (χ1v) is 10.6. The number of esters is 1. The zero-order valence-corrected chi connectivity index (χ0v) is 17.3. The van der Waals surface area contributed by atoms with Gasteiger partial charge in [-0.2, -0.15) is 0 Å². The molecule has 29 heavy (non-hydrogen) atoms. The number of carbonyl (C=O) groups is 2. The summed E-state index contributed by atoms with van der Waals surface area (Å²) in [6.45, 7) is 4.01. The Hall–Kier alpha value is -2.80. The molecule has 0 spiro atoms. The normalized spacial score (nSPS) is 13.7. The Bertz CT molecular complexity index is 1160. The molecule has 0 bridgehead atoms. The lowest BCUT2D eigenvalue weighted by atomic mass is 10.1. The molecule has 150 valence electrons. The highest BCUT2D eigenvalue weighted by molar-refractivity contribution is 7.20. The summed E-state index contributed by atoms with van der Waals surface area (Å²) in [4.78, 5) is 43.4. The number of carbonyl (C=O) groups excluding carboxylic acids is 2. The van der Waals surface area contributed by atoms with Crippen LogP contribution in [0.3, 0.4) is 0 Å². The molecule has 0 amide bonds. The van der Waals surface area contributed by atoms with Gasteiger partial charge in [-0.15, -0.1) is 11.3 Å². The third-order valence-corrected chi connectivity index (χ3v) is 6.47. The fourth-order valence-electron chi connectivity index (χ4n) is 3.62. The molecule has 2 aromatic heterocycles. The van der Waals surface area contributed by atoms with E-state index in [0.717, 1.165) is 48.4 Å². The molecule has 1 aromatic carbocycles. The SMILES string of the molecule is Cc1ccc(C(=O)COC(=O)c2sc3nc4n(c(=O)c3c2C)CCCCC4)cc1. The number of thiophene rings is 1. The first-order chi connectivity index (χ1) is 14.0. The highest BCUT2D eigenvalue weighted by Gasteiger charge is 2.23. The molecular formula is C22H22N2O4S. The number of ketones is 1. The minimum Gasteiger partial charge on any atom is -0.453 e. The lowest BCUT2D eigenvalue weighted by molar-refractivity contribution is 0.0479. The molecule has 3 aromatic rings. The summed E-state index contributed by atoms with van der Waals surface area (Å²) < 4.78 is 7.00. The molecule has 1 aliphatic heterocycles. The van der Waals surface area contributed by atoms with Gasteiger partial charge in [-0.25, -0.2) is 9.78 Å². The summed E-state index contributed by atoms with van der Waals surface area (Å²) >= 11 is 1.16. The molecule has 7 heteroatoms. The van der Waals surface area contributed by atoms with Gasteiger partial charge in [0.05, 0.1) is 5.39 Å². The second kappa shape index (κ2) is 7.91. The smallest absolute Gasteiger partial charge is 0.349 e. The molecule has 0 aliphatic carbocycles. The molecule has 1 aliphatic rings. The van der Waals surface area contributed by atoms with Gasteiger partial charge in [0.1, 0.15) is 15.5 Å². The van der Waals surface area contributed by atoms with Crippen molar-refractivity contribution in [3.8, 4) is 0 Å². The minimum atomic E-state index is -0.592. The van der Waals surface area contributed by atoms with Crippen molar-refractivity contribution in [2.75, 3.05) is 6.61 Å². The molecule has 0 unspecified atom stereocenters. The van der Waals surface area contributed by atoms with Gasteiger partial charge >= 0.3 is 5.97 Å². The van der Waals surface area contributed by atoms with Gasteiger partial charge in [0.15, 0.2) is 12.4 Å². The monoisotopic (exact) mass is 410 g/mol. The Morgan fingerprint density at radius 1 is 1.14 bits per heavy atom. The molecule has 0 saturated carbocycles. The number of ether oxygens (including phenoxy) is 1. The second-order valence-corrected chi connectivity index (χ2v) is 8.40. The number of fused-ring (bicyclic) bond motifs is 2. The summed E-state index contributed by atoms with van der Waals surface area (Å²) in [5.74, 6) is -0.0664. The fraction of sp³-hybridized carbons (Fsp3) is 0.364. The highest BCUT2D eigenvalue weighted by atomic mass is 32.1. The molecular weight excluding hydrogens is 388 g/mol. The van der Waals surface area contributed by atoms with Gasteiger partial charge < -0.3 is 4.74 Å². The van der Waals surface area contributed by atoms with E-state index in [2.05, 4.69) is 4.98 Å². The van der Waals surface area contributed by atoms with Crippen LogP contribution in [0, 0.1) is 13.8 Å². The van der Waals surface area contributed by atoms with Crippen LogP contribution in [-0.2, 0) is 17.7 Å². The maximum Gasteiger partial charge on any atom is 0.349 e. The van der Waals surface area contributed by atoms with E-state index < -0.39 is 5.97 Å². The van der Waals surface area contributed by atoms with Crippen molar-refractivity contribution < 1.29 is 14.3 Å². The number of aryl methyl sites for hydroxylation is 3. The van der Waals surface area contributed by atoms with Crippen LogP contribution in [0.1, 0.15) is 56.2 Å². The molecule has 6 nitrogen and oxygen atoms in total. The molecule has 0 atom stereocenters. The molecule has 0 radical (unpaired) electrons. The van der Waals surface area contributed by atoms with Crippen molar-refractivity contribution >= 4 is 33.3 Å². The van der Waals surface area contributed by atoms with E-state index in [1.165, 1.54) is 0 Å². The van der Waals surface area contributed by atoms with E-state index in [4.69, 9.17) is 4.74 Å². The van der Waals surface area contributed by atoms with E-state index in [9.17, 15) is 14.4 Å². The third kappa shape index (κ3) is 3.74. The highest BCUT2D eigenvalue weighted by Crippen LogP contribution is 2.29. The maximum atomic E-state index is 13.0. The van der Waals surface area contributed by atoms with E-state index in [1.54, 1.807) is 23.6 Å². The van der Waals surface area contributed by atoms with Crippen LogP contribution in [0.2, 0.25) is 0 Å². The van der Waals surface area contributed by atoms with Gasteiger partial charge in [0.25, 0.3) is 5.56 Å². The third-order valence-electron chi connectivity index (χ3n) is 5.30. The summed E-state index contributed by atoms with van der Waals surface area (Å²) in [7, 11) is 0. The number of hydrogen-bond donors (Lipinski definition) is 0. The van der Waals surface area contributed by atoms with Gasteiger partial charge in [-0.1, -0.05) is 36.2 Å². The number of hydrogen-bond acceptors (Lipinski definition) is 6. The average molecular weight is 410 g/mol. The van der Waals surface area contributed by atoms with Crippen LogP contribution < -0.4 is 5.56 Å². The zero-order valence-electron chi connectivity index (χ0n) is 16.5. The lowest BCUT2D eigenvalue weighted by Gasteiger charge is -2.08. The fourth-order valence-corrected chi connectivity index (χ4v) is 4.71. The van der Waals surface area contributed by atoms with Crippen LogP contribution in [-0.4, -0.2) is 27.9 Å². The Balaban J connectivity index is 1.59. The van der Waals surface area contributed by atoms with Crippen LogP contribution in [0.4, 0.5) is 0 Å². The van der Waals surface area contributed by atoms with Crippen LogP contribution >= 0.6 is 11.3 Å². The molecule has 0 N–H and O–H groups in total. The molecule has 0 fully saturated rings. The van der Waals surface area contributed by atoms with Gasteiger partial charge in [-0.05, 0) is 32.3 Å². The Labute approximate surface area is 172 Å². The molecule has 3 heterocycles. The topological polar surface area (TPSA) is 78.3 Å². The zero-order chi connectivity index (χ0) is 20.5. The standard InChI is InChI=1S/C22H22N2O4S/c1-13-7-9-15(10-8-13)16(25)12-28-22(27)19-14(2)18-20(29-19)23-17-6-4-3-5-11-24(17)21(18)26/h7-10H,3-6,11-12H2,1-2H3. The summed E-state index contributed by atoms with van der Waals surface area (Å²) in [5.41, 5.74) is 2.04. The van der Waals surface area contributed by atoms with Crippen molar-refractivity contribution in [2.45, 2.75) is 46.1 Å². The van der Waals surface area contributed by atoms with E-state index >= 15 is 0 Å². The summed E-state index contributed by atoms with van der Waals surface area (Å²) in [6, 6.07) is 7.12. The van der Waals surface area contributed by atoms with Gasteiger partial charge in [0.2, 0.25) is 0 Å².